The van der Waals surface area contributed by atoms with Crippen LogP contribution in [0.15, 0.2) is 18.2 Å². The summed E-state index contributed by atoms with van der Waals surface area (Å²) in [6.45, 7) is 4.02. The van der Waals surface area contributed by atoms with Crippen LogP contribution in [0.3, 0.4) is 0 Å². The van der Waals surface area contributed by atoms with Gasteiger partial charge in [-0.2, -0.15) is 0 Å². The van der Waals surface area contributed by atoms with Crippen molar-refractivity contribution in [2.45, 2.75) is 32.8 Å². The van der Waals surface area contributed by atoms with Crippen LogP contribution in [0.4, 0.5) is 0 Å². The molecule has 0 fully saturated rings. The Bertz CT molecular complexity index is 425. The summed E-state index contributed by atoms with van der Waals surface area (Å²) in [7, 11) is 1.61. The number of benzene rings is 1. The van der Waals surface area contributed by atoms with Gasteiger partial charge in [-0.3, -0.25) is 0 Å². The van der Waals surface area contributed by atoms with E-state index in [1.807, 2.05) is 18.2 Å². The quantitative estimate of drug-likeness (QED) is 0.814. The lowest BCUT2D eigenvalue weighted by molar-refractivity contribution is 0.192. The lowest BCUT2D eigenvalue weighted by Crippen LogP contribution is -2.14. The van der Waals surface area contributed by atoms with E-state index >= 15 is 0 Å². The summed E-state index contributed by atoms with van der Waals surface area (Å²) >= 11 is 0. The van der Waals surface area contributed by atoms with Crippen LogP contribution in [0.2, 0.25) is 0 Å². The number of methoxy groups -OCH3 is 1. The maximum absolute atomic E-state index is 8.77. The number of aliphatic hydroxyl groups excluding tert-OH is 1. The SMILES string of the molecule is CCC(CC)Oc1ccc(OC)cc1C#CCO. The highest BCUT2D eigenvalue weighted by atomic mass is 16.5. The number of rotatable bonds is 5. The van der Waals surface area contributed by atoms with Gasteiger partial charge in [0.2, 0.25) is 0 Å². The van der Waals surface area contributed by atoms with Gasteiger partial charge in [-0.25, -0.2) is 0 Å². The Morgan fingerprint density at radius 1 is 1.28 bits per heavy atom. The minimum absolute atomic E-state index is 0.165. The molecule has 0 heterocycles. The van der Waals surface area contributed by atoms with E-state index in [-0.39, 0.29) is 12.7 Å². The van der Waals surface area contributed by atoms with Gasteiger partial charge in [-0.05, 0) is 31.0 Å². The Balaban J connectivity index is 3.01. The molecule has 0 aromatic heterocycles. The monoisotopic (exact) mass is 248 g/mol. The van der Waals surface area contributed by atoms with Crippen molar-refractivity contribution in [3.8, 4) is 23.3 Å². The molecule has 98 valence electrons. The highest BCUT2D eigenvalue weighted by molar-refractivity contribution is 5.50. The Hall–Kier alpha value is -1.66. The zero-order valence-corrected chi connectivity index (χ0v) is 11.2. The van der Waals surface area contributed by atoms with Gasteiger partial charge < -0.3 is 14.6 Å². The van der Waals surface area contributed by atoms with Crippen molar-refractivity contribution in [2.75, 3.05) is 13.7 Å². The fraction of sp³-hybridized carbons (Fsp3) is 0.467. The summed E-state index contributed by atoms with van der Waals surface area (Å²) < 4.78 is 11.1. The van der Waals surface area contributed by atoms with Gasteiger partial charge >= 0.3 is 0 Å². The lowest BCUT2D eigenvalue weighted by atomic mass is 10.1. The molecule has 0 radical (unpaired) electrons. The second-order valence-electron chi connectivity index (χ2n) is 3.88. The van der Waals surface area contributed by atoms with Crippen LogP contribution in [-0.4, -0.2) is 24.9 Å². The normalized spacial score (nSPS) is 9.83. The van der Waals surface area contributed by atoms with Crippen molar-refractivity contribution in [3.05, 3.63) is 23.8 Å². The van der Waals surface area contributed by atoms with Gasteiger partial charge in [-0.15, -0.1) is 0 Å². The fourth-order valence-electron chi connectivity index (χ4n) is 1.61. The Morgan fingerprint density at radius 2 is 2.00 bits per heavy atom. The molecule has 0 spiro atoms. The molecule has 0 aliphatic carbocycles. The van der Waals surface area contributed by atoms with Crippen LogP contribution in [0.1, 0.15) is 32.3 Å². The minimum Gasteiger partial charge on any atom is -0.497 e. The fourth-order valence-corrected chi connectivity index (χ4v) is 1.61. The first kappa shape index (κ1) is 14.4. The third-order valence-corrected chi connectivity index (χ3v) is 2.69. The molecular formula is C15H20O3. The summed E-state index contributed by atoms with van der Waals surface area (Å²) in [5.74, 6) is 6.99. The van der Waals surface area contributed by atoms with Gasteiger partial charge in [0.05, 0.1) is 18.8 Å². The summed E-state index contributed by atoms with van der Waals surface area (Å²) in [4.78, 5) is 0. The Labute approximate surface area is 109 Å². The molecule has 0 saturated heterocycles. The standard InChI is InChI=1S/C15H20O3/c1-4-13(5-2)18-15-9-8-14(17-3)11-12(15)7-6-10-16/h8-9,11,13,16H,4-5,10H2,1-3H3. The zero-order valence-electron chi connectivity index (χ0n) is 11.2. The summed E-state index contributed by atoms with van der Waals surface area (Å²) in [6, 6.07) is 5.53. The van der Waals surface area contributed by atoms with Crippen molar-refractivity contribution in [1.82, 2.24) is 0 Å². The second-order valence-corrected chi connectivity index (χ2v) is 3.88. The highest BCUT2D eigenvalue weighted by Crippen LogP contribution is 2.25. The molecule has 3 nitrogen and oxygen atoms in total. The third-order valence-electron chi connectivity index (χ3n) is 2.69. The van der Waals surface area contributed by atoms with E-state index in [2.05, 4.69) is 25.7 Å². The number of ether oxygens (including phenoxy) is 2. The first-order chi connectivity index (χ1) is 8.74. The van der Waals surface area contributed by atoms with E-state index in [1.165, 1.54) is 0 Å². The van der Waals surface area contributed by atoms with Crippen molar-refractivity contribution < 1.29 is 14.6 Å². The largest absolute Gasteiger partial charge is 0.497 e. The average Bonchev–Trinajstić information content (AvgIpc) is 2.43. The molecule has 0 bridgehead atoms. The molecule has 1 N–H and O–H groups in total. The Kier molecular flexibility index (Phi) is 6.10. The summed E-state index contributed by atoms with van der Waals surface area (Å²) in [5.41, 5.74) is 0.746. The maximum atomic E-state index is 8.77. The van der Waals surface area contributed by atoms with Gasteiger partial charge in [0, 0.05) is 0 Å². The molecule has 0 saturated carbocycles. The summed E-state index contributed by atoms with van der Waals surface area (Å²) in [5, 5.41) is 8.77. The van der Waals surface area contributed by atoms with E-state index in [0.717, 1.165) is 29.9 Å². The van der Waals surface area contributed by atoms with Crippen LogP contribution in [0.5, 0.6) is 11.5 Å². The van der Waals surface area contributed by atoms with Gasteiger partial charge in [0.1, 0.15) is 18.1 Å². The molecule has 0 aliphatic rings. The van der Waals surface area contributed by atoms with Gasteiger partial charge in [0.25, 0.3) is 0 Å². The number of aliphatic hydroxyl groups is 1. The third kappa shape index (κ3) is 3.97. The molecule has 1 aromatic carbocycles. The van der Waals surface area contributed by atoms with Crippen LogP contribution >= 0.6 is 0 Å². The van der Waals surface area contributed by atoms with Gasteiger partial charge in [0.15, 0.2) is 0 Å². The topological polar surface area (TPSA) is 38.7 Å². The molecule has 0 aliphatic heterocycles. The summed E-state index contributed by atoms with van der Waals surface area (Å²) in [6.07, 6.45) is 2.10. The van der Waals surface area contributed by atoms with Crippen molar-refractivity contribution in [3.63, 3.8) is 0 Å². The molecule has 1 aromatic rings. The first-order valence-corrected chi connectivity index (χ1v) is 6.19. The van der Waals surface area contributed by atoms with Gasteiger partial charge in [-0.1, -0.05) is 25.7 Å². The predicted molar refractivity (Wildman–Crippen MR) is 72.0 cm³/mol. The second kappa shape index (κ2) is 7.62. The predicted octanol–water partition coefficient (Wildman–Crippen LogP) is 2.61. The van der Waals surface area contributed by atoms with Crippen LogP contribution in [0, 0.1) is 11.8 Å². The van der Waals surface area contributed by atoms with Crippen molar-refractivity contribution in [1.29, 1.82) is 0 Å². The van der Waals surface area contributed by atoms with E-state index < -0.39 is 0 Å². The molecule has 3 heteroatoms. The van der Waals surface area contributed by atoms with Crippen LogP contribution < -0.4 is 9.47 Å². The highest BCUT2D eigenvalue weighted by Gasteiger charge is 2.09. The average molecular weight is 248 g/mol. The first-order valence-electron chi connectivity index (χ1n) is 6.19. The number of hydrogen-bond acceptors (Lipinski definition) is 3. The van der Waals surface area contributed by atoms with E-state index in [9.17, 15) is 0 Å². The molecule has 0 atom stereocenters. The minimum atomic E-state index is -0.165. The van der Waals surface area contributed by atoms with Crippen LogP contribution in [0.25, 0.3) is 0 Å². The smallest absolute Gasteiger partial charge is 0.135 e. The molecular weight excluding hydrogens is 228 g/mol. The van der Waals surface area contributed by atoms with Crippen molar-refractivity contribution in [2.24, 2.45) is 0 Å². The zero-order chi connectivity index (χ0) is 13.4. The Morgan fingerprint density at radius 3 is 2.56 bits per heavy atom. The maximum Gasteiger partial charge on any atom is 0.135 e. The molecule has 18 heavy (non-hydrogen) atoms. The van der Waals surface area contributed by atoms with E-state index in [0.29, 0.717) is 0 Å². The molecule has 1 rings (SSSR count). The van der Waals surface area contributed by atoms with E-state index in [1.54, 1.807) is 7.11 Å². The van der Waals surface area contributed by atoms with E-state index in [4.69, 9.17) is 14.6 Å². The lowest BCUT2D eigenvalue weighted by Gasteiger charge is -2.17. The molecule has 0 unspecified atom stereocenters. The van der Waals surface area contributed by atoms with Crippen molar-refractivity contribution >= 4 is 0 Å². The number of hydrogen-bond donors (Lipinski definition) is 1. The molecule has 0 amide bonds. The van der Waals surface area contributed by atoms with Crippen LogP contribution in [-0.2, 0) is 0 Å².